The molecule has 1 aliphatic rings. The Bertz CT molecular complexity index is 911. The Morgan fingerprint density at radius 2 is 1.55 bits per heavy atom. The average Bonchev–Trinajstić information content (AvgIpc) is 2.81. The Morgan fingerprint density at radius 3 is 2.03 bits per heavy atom. The molecule has 0 saturated carbocycles. The van der Waals surface area contributed by atoms with Crippen molar-refractivity contribution in [3.05, 3.63) is 29.8 Å². The topological polar surface area (TPSA) is 55.4 Å². The molecule has 0 radical (unpaired) electrons. The van der Waals surface area contributed by atoms with Crippen LogP contribution >= 0.6 is 0 Å². The van der Waals surface area contributed by atoms with E-state index >= 15 is 0 Å². The standard InChI is InChI=1S/C30H52O6Si2/c1-14-23-19-25(35-37(10,11)29(2,3)4)27(28(32-9)34-23)26(36-38(12,13)30(5,6)7)21-33-20-22-15-17-24(31-8)18-16-22/h1,15-18,23,25-28H,19-21H2,2-13H3/t23-,25-,26-,27-,28+/m1/s1. The monoisotopic (exact) mass is 564 g/mol. The highest BCUT2D eigenvalue weighted by atomic mass is 28.4. The van der Waals surface area contributed by atoms with E-state index in [1.807, 2.05) is 24.3 Å². The third kappa shape index (κ3) is 8.41. The fraction of sp³-hybridized carbons (Fsp3) is 0.733. The number of rotatable bonds is 11. The van der Waals surface area contributed by atoms with E-state index in [1.165, 1.54) is 0 Å². The van der Waals surface area contributed by atoms with Gasteiger partial charge in [-0.15, -0.1) is 6.42 Å². The van der Waals surface area contributed by atoms with Gasteiger partial charge in [-0.05, 0) is 54.0 Å². The minimum absolute atomic E-state index is 0.0243. The molecule has 0 amide bonds. The number of ether oxygens (including phenoxy) is 4. The lowest BCUT2D eigenvalue weighted by molar-refractivity contribution is -0.244. The van der Waals surface area contributed by atoms with Gasteiger partial charge < -0.3 is 27.8 Å². The maximum absolute atomic E-state index is 7.07. The van der Waals surface area contributed by atoms with Crippen molar-refractivity contribution in [2.75, 3.05) is 20.8 Å². The molecule has 0 N–H and O–H groups in total. The van der Waals surface area contributed by atoms with Gasteiger partial charge in [-0.1, -0.05) is 59.6 Å². The first-order valence-electron chi connectivity index (χ1n) is 13.7. The van der Waals surface area contributed by atoms with Crippen LogP contribution in [0.4, 0.5) is 0 Å². The lowest BCUT2D eigenvalue weighted by Crippen LogP contribution is -2.59. The summed E-state index contributed by atoms with van der Waals surface area (Å²) in [4.78, 5) is 0. The molecule has 0 bridgehead atoms. The van der Waals surface area contributed by atoms with E-state index in [4.69, 9.17) is 34.2 Å². The number of benzene rings is 1. The summed E-state index contributed by atoms with van der Waals surface area (Å²) in [6.45, 7) is 23.4. The maximum Gasteiger partial charge on any atom is 0.192 e. The van der Waals surface area contributed by atoms with Crippen molar-refractivity contribution in [2.45, 2.75) is 115 Å². The zero-order valence-electron chi connectivity index (χ0n) is 25.8. The van der Waals surface area contributed by atoms with Crippen molar-refractivity contribution < 1.29 is 27.8 Å². The summed E-state index contributed by atoms with van der Waals surface area (Å²) in [5.74, 6) is 3.42. The molecule has 0 unspecified atom stereocenters. The average molecular weight is 565 g/mol. The normalized spacial score (nSPS) is 24.1. The Labute approximate surface area is 234 Å². The molecule has 1 saturated heterocycles. The molecule has 1 aromatic rings. The minimum atomic E-state index is -2.18. The quantitative estimate of drug-likeness (QED) is 0.213. The van der Waals surface area contributed by atoms with Gasteiger partial charge in [0, 0.05) is 13.5 Å². The lowest BCUT2D eigenvalue weighted by atomic mass is 9.89. The van der Waals surface area contributed by atoms with Crippen LogP contribution in [-0.2, 0) is 29.7 Å². The lowest BCUT2D eigenvalue weighted by Gasteiger charge is -2.50. The number of hydrogen-bond acceptors (Lipinski definition) is 6. The zero-order valence-corrected chi connectivity index (χ0v) is 27.8. The molecule has 0 spiro atoms. The summed E-state index contributed by atoms with van der Waals surface area (Å²) in [6.07, 6.45) is 5.06. The molecular formula is C30H52O6Si2. The van der Waals surface area contributed by atoms with Crippen LogP contribution in [0.15, 0.2) is 24.3 Å². The molecule has 0 aromatic heterocycles. The van der Waals surface area contributed by atoms with Crippen molar-refractivity contribution in [2.24, 2.45) is 5.92 Å². The summed E-state index contributed by atoms with van der Waals surface area (Å²) in [5.41, 5.74) is 1.07. The van der Waals surface area contributed by atoms with Crippen LogP contribution in [0, 0.1) is 18.3 Å². The molecule has 38 heavy (non-hydrogen) atoms. The van der Waals surface area contributed by atoms with Crippen molar-refractivity contribution in [3.8, 4) is 18.1 Å². The molecule has 6 nitrogen and oxygen atoms in total. The second kappa shape index (κ2) is 13.0. The highest BCUT2D eigenvalue weighted by Gasteiger charge is 2.51. The van der Waals surface area contributed by atoms with E-state index in [2.05, 4.69) is 73.7 Å². The van der Waals surface area contributed by atoms with Crippen LogP contribution in [0.1, 0.15) is 53.5 Å². The predicted octanol–water partition coefficient (Wildman–Crippen LogP) is 7.00. The number of hydrogen-bond donors (Lipinski definition) is 0. The van der Waals surface area contributed by atoms with E-state index in [-0.39, 0.29) is 34.3 Å². The predicted molar refractivity (Wildman–Crippen MR) is 159 cm³/mol. The highest BCUT2D eigenvalue weighted by Crippen LogP contribution is 2.44. The first kappa shape index (κ1) is 33.0. The Kier molecular flexibility index (Phi) is 11.3. The molecule has 1 aromatic carbocycles. The Balaban J connectivity index is 2.41. The second-order valence-electron chi connectivity index (χ2n) is 13.4. The van der Waals surface area contributed by atoms with Crippen LogP contribution in [-0.4, -0.2) is 62.1 Å². The first-order valence-corrected chi connectivity index (χ1v) is 19.5. The van der Waals surface area contributed by atoms with Crippen molar-refractivity contribution >= 4 is 16.6 Å². The summed E-state index contributed by atoms with van der Waals surface area (Å²) < 4.78 is 37.9. The smallest absolute Gasteiger partial charge is 0.192 e. The van der Waals surface area contributed by atoms with Gasteiger partial charge in [0.15, 0.2) is 22.9 Å². The maximum atomic E-state index is 7.07. The van der Waals surface area contributed by atoms with Crippen molar-refractivity contribution in [1.82, 2.24) is 0 Å². The zero-order chi connectivity index (χ0) is 28.9. The molecule has 0 aliphatic carbocycles. The second-order valence-corrected chi connectivity index (χ2v) is 22.9. The van der Waals surface area contributed by atoms with Crippen LogP contribution in [0.3, 0.4) is 0 Å². The third-order valence-corrected chi connectivity index (χ3v) is 17.6. The van der Waals surface area contributed by atoms with Crippen molar-refractivity contribution in [3.63, 3.8) is 0 Å². The van der Waals surface area contributed by atoms with E-state index < -0.39 is 22.9 Å². The van der Waals surface area contributed by atoms with Gasteiger partial charge >= 0.3 is 0 Å². The molecule has 5 atom stereocenters. The van der Waals surface area contributed by atoms with Gasteiger partial charge in [-0.3, -0.25) is 0 Å². The van der Waals surface area contributed by atoms with Crippen LogP contribution in [0.25, 0.3) is 0 Å². The van der Waals surface area contributed by atoms with Gasteiger partial charge in [-0.25, -0.2) is 0 Å². The molecule has 1 fully saturated rings. The molecule has 216 valence electrons. The first-order chi connectivity index (χ1) is 17.5. The SMILES string of the molecule is C#C[C@@H]1C[C@@H](O[Si](C)(C)C(C)(C)C)[C@H]([C@@H](COCc2ccc(OC)cc2)O[Si](C)(C)C(C)(C)C)[C@@H](OC)O1. The van der Waals surface area contributed by atoms with Crippen LogP contribution < -0.4 is 4.74 Å². The Hall–Kier alpha value is -1.19. The molecule has 1 aliphatic heterocycles. The van der Waals surface area contributed by atoms with Gasteiger partial charge in [0.2, 0.25) is 0 Å². The summed E-state index contributed by atoms with van der Waals surface area (Å²) in [6, 6.07) is 7.93. The van der Waals surface area contributed by atoms with E-state index in [1.54, 1.807) is 14.2 Å². The molecule has 1 heterocycles. The van der Waals surface area contributed by atoms with Gasteiger partial charge in [0.1, 0.15) is 11.9 Å². The molecule has 8 heteroatoms. The largest absolute Gasteiger partial charge is 0.497 e. The van der Waals surface area contributed by atoms with Crippen molar-refractivity contribution in [1.29, 1.82) is 0 Å². The minimum Gasteiger partial charge on any atom is -0.497 e. The van der Waals surface area contributed by atoms with Crippen LogP contribution in [0.5, 0.6) is 5.75 Å². The molecular weight excluding hydrogens is 512 g/mol. The summed E-state index contributed by atoms with van der Waals surface area (Å²) >= 11 is 0. The van der Waals surface area contributed by atoms with E-state index in [0.29, 0.717) is 19.6 Å². The van der Waals surface area contributed by atoms with E-state index in [9.17, 15) is 0 Å². The number of terminal acetylenes is 1. The fourth-order valence-electron chi connectivity index (χ4n) is 4.06. The van der Waals surface area contributed by atoms with Crippen LogP contribution in [0.2, 0.25) is 36.3 Å². The van der Waals surface area contributed by atoms with E-state index in [0.717, 1.165) is 11.3 Å². The Morgan fingerprint density at radius 1 is 0.974 bits per heavy atom. The summed E-state index contributed by atoms with van der Waals surface area (Å²) in [7, 11) is -0.973. The van der Waals surface area contributed by atoms with Gasteiger partial charge in [0.05, 0.1) is 38.4 Å². The third-order valence-electron chi connectivity index (χ3n) is 8.55. The summed E-state index contributed by atoms with van der Waals surface area (Å²) in [5, 5.41) is 0.0706. The van der Waals surface area contributed by atoms with Gasteiger partial charge in [0.25, 0.3) is 0 Å². The highest BCUT2D eigenvalue weighted by molar-refractivity contribution is 6.74. The fourth-order valence-corrected chi connectivity index (χ4v) is 6.76. The number of methoxy groups -OCH3 is 2. The van der Waals surface area contributed by atoms with Gasteiger partial charge in [-0.2, -0.15) is 0 Å². The molecule has 2 rings (SSSR count).